The molecule has 72 valence electrons. The molecular formula is C9H7ClN2O2. The van der Waals surface area contributed by atoms with Gasteiger partial charge in [-0.1, -0.05) is 11.6 Å². The normalized spacial score (nSPS) is 10.4. The van der Waals surface area contributed by atoms with Gasteiger partial charge in [0, 0.05) is 17.8 Å². The van der Waals surface area contributed by atoms with E-state index in [1.165, 1.54) is 13.3 Å². The molecule has 0 saturated carbocycles. The predicted molar refractivity (Wildman–Crippen MR) is 52.4 cm³/mol. The lowest BCUT2D eigenvalue weighted by Crippen LogP contribution is -2.04. The number of aromatic amines is 1. The van der Waals surface area contributed by atoms with Gasteiger partial charge in [0.2, 0.25) is 0 Å². The van der Waals surface area contributed by atoms with Crippen LogP contribution in [0, 0.1) is 0 Å². The van der Waals surface area contributed by atoms with Gasteiger partial charge in [-0.2, -0.15) is 0 Å². The molecule has 0 fully saturated rings. The molecule has 0 bridgehead atoms. The van der Waals surface area contributed by atoms with Crippen LogP contribution in [0.4, 0.5) is 0 Å². The van der Waals surface area contributed by atoms with Crippen molar-refractivity contribution < 1.29 is 9.53 Å². The third kappa shape index (κ3) is 1.24. The number of hydrogen-bond donors (Lipinski definition) is 1. The van der Waals surface area contributed by atoms with Crippen molar-refractivity contribution in [1.29, 1.82) is 0 Å². The zero-order chi connectivity index (χ0) is 10.1. The summed E-state index contributed by atoms with van der Waals surface area (Å²) in [4.78, 5) is 18.1. The maximum Gasteiger partial charge on any atom is 0.358 e. The third-order valence-corrected chi connectivity index (χ3v) is 2.24. The number of carbonyl (C=O) groups excluding carboxylic acids is 1. The molecule has 0 saturated heterocycles. The van der Waals surface area contributed by atoms with Gasteiger partial charge in [0.25, 0.3) is 0 Å². The van der Waals surface area contributed by atoms with Crippen LogP contribution in [0.25, 0.3) is 10.9 Å². The van der Waals surface area contributed by atoms with E-state index in [1.54, 1.807) is 12.3 Å². The number of methoxy groups -OCH3 is 1. The maximum atomic E-state index is 11.3. The lowest BCUT2D eigenvalue weighted by Gasteiger charge is -1.99. The average Bonchev–Trinajstić information content (AvgIpc) is 2.59. The Morgan fingerprint density at radius 1 is 1.64 bits per heavy atom. The van der Waals surface area contributed by atoms with Crippen LogP contribution >= 0.6 is 11.6 Å². The van der Waals surface area contributed by atoms with Gasteiger partial charge in [0.15, 0.2) is 5.69 Å². The van der Waals surface area contributed by atoms with E-state index < -0.39 is 5.97 Å². The van der Waals surface area contributed by atoms with Crippen LogP contribution in [0.3, 0.4) is 0 Å². The highest BCUT2D eigenvalue weighted by Gasteiger charge is 2.14. The fraction of sp³-hybridized carbons (Fsp3) is 0.111. The van der Waals surface area contributed by atoms with Crippen LogP contribution < -0.4 is 0 Å². The fourth-order valence-electron chi connectivity index (χ4n) is 1.27. The Kier molecular flexibility index (Phi) is 2.13. The van der Waals surface area contributed by atoms with E-state index >= 15 is 0 Å². The number of fused-ring (bicyclic) bond motifs is 1. The molecular weight excluding hydrogens is 204 g/mol. The minimum absolute atomic E-state index is 0.247. The highest BCUT2D eigenvalue weighted by Crippen LogP contribution is 2.24. The quantitative estimate of drug-likeness (QED) is 0.733. The van der Waals surface area contributed by atoms with Crippen LogP contribution in [0.5, 0.6) is 0 Å². The summed E-state index contributed by atoms with van der Waals surface area (Å²) < 4.78 is 4.59. The Labute approximate surface area is 84.9 Å². The number of ether oxygens (including phenoxy) is 1. The molecule has 2 heterocycles. The molecule has 2 rings (SSSR count). The molecule has 0 spiro atoms. The lowest BCUT2D eigenvalue weighted by molar-refractivity contribution is 0.0596. The zero-order valence-electron chi connectivity index (χ0n) is 7.37. The van der Waals surface area contributed by atoms with E-state index in [9.17, 15) is 4.79 Å². The standard InChI is InChI=1S/C9H7ClN2O2/c1-14-9(13)8-7-5(2-3-11-8)6(10)4-12-7/h2-4,12H,1H3. The van der Waals surface area contributed by atoms with Crippen molar-refractivity contribution in [2.75, 3.05) is 7.11 Å². The highest BCUT2D eigenvalue weighted by molar-refractivity contribution is 6.35. The van der Waals surface area contributed by atoms with E-state index in [-0.39, 0.29) is 5.69 Å². The second-order valence-electron chi connectivity index (χ2n) is 2.71. The van der Waals surface area contributed by atoms with E-state index in [1.807, 2.05) is 0 Å². The summed E-state index contributed by atoms with van der Waals surface area (Å²) in [7, 11) is 1.31. The number of hydrogen-bond acceptors (Lipinski definition) is 3. The molecule has 0 aromatic carbocycles. The Bertz CT molecular complexity index is 493. The Morgan fingerprint density at radius 2 is 2.43 bits per heavy atom. The van der Waals surface area contributed by atoms with Gasteiger partial charge in [-0.3, -0.25) is 0 Å². The second-order valence-corrected chi connectivity index (χ2v) is 3.12. The maximum absolute atomic E-state index is 11.3. The fourth-order valence-corrected chi connectivity index (χ4v) is 1.48. The molecule has 0 aliphatic rings. The molecule has 1 N–H and O–H groups in total. The van der Waals surface area contributed by atoms with Crippen LogP contribution in [0.1, 0.15) is 10.5 Å². The third-order valence-electron chi connectivity index (χ3n) is 1.93. The number of H-pyrrole nitrogens is 1. The van der Waals surface area contributed by atoms with Crippen molar-refractivity contribution in [2.24, 2.45) is 0 Å². The number of halogens is 1. The molecule has 0 aliphatic carbocycles. The number of nitrogens with zero attached hydrogens (tertiary/aromatic N) is 1. The summed E-state index contributed by atoms with van der Waals surface area (Å²) in [6.07, 6.45) is 3.13. The number of carbonyl (C=O) groups is 1. The molecule has 2 aromatic heterocycles. The van der Waals surface area contributed by atoms with Gasteiger partial charge < -0.3 is 9.72 Å². The smallest absolute Gasteiger partial charge is 0.358 e. The number of esters is 1. The molecule has 0 amide bonds. The zero-order valence-corrected chi connectivity index (χ0v) is 8.13. The number of nitrogens with one attached hydrogen (secondary N) is 1. The molecule has 0 radical (unpaired) electrons. The van der Waals surface area contributed by atoms with Crippen molar-refractivity contribution in [3.05, 3.63) is 29.2 Å². The molecule has 5 heteroatoms. The molecule has 4 nitrogen and oxygen atoms in total. The van der Waals surface area contributed by atoms with E-state index in [0.717, 1.165) is 5.39 Å². The Balaban J connectivity index is 2.71. The summed E-state index contributed by atoms with van der Waals surface area (Å²) in [6, 6.07) is 1.74. The molecule has 0 aliphatic heterocycles. The minimum atomic E-state index is -0.478. The van der Waals surface area contributed by atoms with Gasteiger partial charge in [0.1, 0.15) is 0 Å². The first-order valence-corrected chi connectivity index (χ1v) is 4.31. The van der Waals surface area contributed by atoms with Crippen molar-refractivity contribution >= 4 is 28.5 Å². The molecule has 0 atom stereocenters. The summed E-state index contributed by atoms with van der Waals surface area (Å²) in [5, 5.41) is 1.33. The molecule has 14 heavy (non-hydrogen) atoms. The van der Waals surface area contributed by atoms with E-state index in [2.05, 4.69) is 14.7 Å². The SMILES string of the molecule is COC(=O)c1nccc2c(Cl)c[nH]c12. The Hall–Kier alpha value is -1.55. The summed E-state index contributed by atoms with van der Waals surface area (Å²) >= 11 is 5.88. The van der Waals surface area contributed by atoms with Crippen LogP contribution in [-0.4, -0.2) is 23.0 Å². The van der Waals surface area contributed by atoms with Gasteiger partial charge in [-0.05, 0) is 6.07 Å². The predicted octanol–water partition coefficient (Wildman–Crippen LogP) is 2.00. The van der Waals surface area contributed by atoms with Crippen molar-refractivity contribution in [3.63, 3.8) is 0 Å². The van der Waals surface area contributed by atoms with E-state index in [0.29, 0.717) is 10.5 Å². The van der Waals surface area contributed by atoms with Crippen LogP contribution in [-0.2, 0) is 4.74 Å². The second kappa shape index (κ2) is 3.31. The summed E-state index contributed by atoms with van der Waals surface area (Å²) in [5.74, 6) is -0.478. The van der Waals surface area contributed by atoms with Gasteiger partial charge in [-0.25, -0.2) is 9.78 Å². The number of aromatic nitrogens is 2. The topological polar surface area (TPSA) is 55.0 Å². The summed E-state index contributed by atoms with van der Waals surface area (Å²) in [6.45, 7) is 0. The average molecular weight is 211 g/mol. The van der Waals surface area contributed by atoms with Crippen molar-refractivity contribution in [3.8, 4) is 0 Å². The van der Waals surface area contributed by atoms with Crippen LogP contribution in [0.15, 0.2) is 18.5 Å². The largest absolute Gasteiger partial charge is 0.464 e. The van der Waals surface area contributed by atoms with Crippen molar-refractivity contribution in [2.45, 2.75) is 0 Å². The Morgan fingerprint density at radius 3 is 3.14 bits per heavy atom. The highest BCUT2D eigenvalue weighted by atomic mass is 35.5. The van der Waals surface area contributed by atoms with Crippen LogP contribution in [0.2, 0.25) is 5.02 Å². The van der Waals surface area contributed by atoms with E-state index in [4.69, 9.17) is 11.6 Å². The first kappa shape index (κ1) is 9.02. The molecule has 2 aromatic rings. The first-order valence-electron chi connectivity index (χ1n) is 3.94. The van der Waals surface area contributed by atoms with Gasteiger partial charge in [0.05, 0.1) is 17.6 Å². The minimum Gasteiger partial charge on any atom is -0.464 e. The monoisotopic (exact) mass is 210 g/mol. The van der Waals surface area contributed by atoms with Gasteiger partial charge in [-0.15, -0.1) is 0 Å². The van der Waals surface area contributed by atoms with Gasteiger partial charge >= 0.3 is 5.97 Å². The lowest BCUT2D eigenvalue weighted by atomic mass is 10.2. The molecule has 0 unspecified atom stereocenters. The number of rotatable bonds is 1. The summed E-state index contributed by atoms with van der Waals surface area (Å²) in [5.41, 5.74) is 0.848. The number of pyridine rings is 1. The first-order chi connectivity index (χ1) is 6.74. The van der Waals surface area contributed by atoms with Crippen molar-refractivity contribution in [1.82, 2.24) is 9.97 Å².